The van der Waals surface area contributed by atoms with Gasteiger partial charge in [-0.3, -0.25) is 4.79 Å². The van der Waals surface area contributed by atoms with Crippen LogP contribution in [0.15, 0.2) is 36.7 Å². The fourth-order valence-corrected chi connectivity index (χ4v) is 3.06. The molecule has 170 valence electrons. The van der Waals surface area contributed by atoms with E-state index in [1.165, 1.54) is 38.3 Å². The lowest BCUT2D eigenvalue weighted by molar-refractivity contribution is -0.137. The van der Waals surface area contributed by atoms with Crippen LogP contribution >= 0.6 is 0 Å². The Morgan fingerprint density at radius 1 is 1.06 bits per heavy atom. The van der Waals surface area contributed by atoms with Gasteiger partial charge in [0.15, 0.2) is 17.3 Å². The van der Waals surface area contributed by atoms with Crippen LogP contribution in [-0.4, -0.2) is 42.0 Å². The van der Waals surface area contributed by atoms with Crippen LogP contribution in [0.5, 0.6) is 17.2 Å². The fraction of sp³-hybridized carbons (Fsp3) is 0.286. The van der Waals surface area contributed by atoms with Crippen molar-refractivity contribution < 1.29 is 32.2 Å². The monoisotopic (exact) mass is 450 g/mol. The molecule has 0 unspecified atom stereocenters. The second-order valence-corrected chi connectivity index (χ2v) is 6.67. The first-order valence-corrected chi connectivity index (χ1v) is 9.35. The summed E-state index contributed by atoms with van der Waals surface area (Å²) in [4.78, 5) is 16.5. The largest absolute Gasteiger partial charge is 0.493 e. The number of aromatic nitrogens is 3. The molecular weight excluding hydrogens is 429 g/mol. The summed E-state index contributed by atoms with van der Waals surface area (Å²) in [6.07, 6.45) is -2.43. The van der Waals surface area contributed by atoms with Gasteiger partial charge in [0.25, 0.3) is 5.91 Å². The van der Waals surface area contributed by atoms with Gasteiger partial charge in [0.2, 0.25) is 5.75 Å². The number of pyridine rings is 1. The Labute approximate surface area is 181 Å². The molecule has 0 radical (unpaired) electrons. The molecule has 0 bridgehead atoms. The fourth-order valence-electron chi connectivity index (χ4n) is 3.06. The van der Waals surface area contributed by atoms with E-state index >= 15 is 0 Å². The SMILES string of the molecule is COc1cc(CNC(=O)c2cnn(-c3ccc(C(F)(F)F)cn3)c2C)cc(OC)c1OC. The maximum absolute atomic E-state index is 12.7. The third-order valence-corrected chi connectivity index (χ3v) is 4.72. The van der Waals surface area contributed by atoms with Crippen molar-refractivity contribution in [2.75, 3.05) is 21.3 Å². The molecule has 2 aromatic heterocycles. The van der Waals surface area contributed by atoms with Crippen LogP contribution in [0.25, 0.3) is 5.82 Å². The zero-order valence-corrected chi connectivity index (χ0v) is 17.8. The van der Waals surface area contributed by atoms with Gasteiger partial charge in [-0.15, -0.1) is 0 Å². The minimum absolute atomic E-state index is 0.165. The van der Waals surface area contributed by atoms with Crippen molar-refractivity contribution >= 4 is 5.91 Å². The van der Waals surface area contributed by atoms with E-state index in [0.29, 0.717) is 28.5 Å². The summed E-state index contributed by atoms with van der Waals surface area (Å²) in [6.45, 7) is 1.79. The maximum Gasteiger partial charge on any atom is 0.417 e. The first-order chi connectivity index (χ1) is 15.2. The third-order valence-electron chi connectivity index (χ3n) is 4.72. The molecule has 0 aliphatic carbocycles. The van der Waals surface area contributed by atoms with Crippen LogP contribution in [0.1, 0.15) is 27.2 Å². The number of nitrogens with one attached hydrogen (secondary N) is 1. The summed E-state index contributed by atoms with van der Waals surface area (Å²) in [7, 11) is 4.48. The molecule has 0 aliphatic heterocycles. The Hall–Kier alpha value is -3.76. The number of ether oxygens (including phenoxy) is 3. The number of methoxy groups -OCH3 is 3. The number of carbonyl (C=O) groups is 1. The summed E-state index contributed by atoms with van der Waals surface area (Å²) >= 11 is 0. The topological polar surface area (TPSA) is 87.5 Å². The highest BCUT2D eigenvalue weighted by Crippen LogP contribution is 2.38. The number of hydrogen-bond donors (Lipinski definition) is 1. The van der Waals surface area contributed by atoms with Gasteiger partial charge in [0.05, 0.1) is 44.3 Å². The standard InChI is InChI=1S/C21H21F3N4O4/c1-12-15(11-27-28(12)18-6-5-14(10-25-18)21(22,23)24)20(29)26-9-13-7-16(30-2)19(32-4)17(8-13)31-3/h5-8,10-11H,9H2,1-4H3,(H,26,29). The van der Waals surface area contributed by atoms with Crippen molar-refractivity contribution in [2.24, 2.45) is 0 Å². The molecular formula is C21H21F3N4O4. The molecule has 0 aliphatic rings. The minimum atomic E-state index is -4.48. The van der Waals surface area contributed by atoms with E-state index in [2.05, 4.69) is 15.4 Å². The second-order valence-electron chi connectivity index (χ2n) is 6.67. The van der Waals surface area contributed by atoms with Gasteiger partial charge >= 0.3 is 6.18 Å². The van der Waals surface area contributed by atoms with Crippen LogP contribution in [0, 0.1) is 6.92 Å². The second kappa shape index (κ2) is 9.16. The van der Waals surface area contributed by atoms with Gasteiger partial charge in [-0.05, 0) is 36.8 Å². The van der Waals surface area contributed by atoms with E-state index in [-0.39, 0.29) is 17.9 Å². The van der Waals surface area contributed by atoms with Gasteiger partial charge in [0, 0.05) is 12.7 Å². The lowest BCUT2D eigenvalue weighted by Gasteiger charge is -2.14. The summed E-state index contributed by atoms with van der Waals surface area (Å²) < 4.78 is 55.4. The maximum atomic E-state index is 12.7. The predicted octanol–water partition coefficient (Wildman–Crippen LogP) is 3.55. The summed E-state index contributed by atoms with van der Waals surface area (Å²) in [5.74, 6) is 1.10. The molecule has 2 heterocycles. The van der Waals surface area contributed by atoms with Crippen molar-refractivity contribution in [3.05, 3.63) is 59.0 Å². The van der Waals surface area contributed by atoms with Gasteiger partial charge in [-0.25, -0.2) is 9.67 Å². The molecule has 0 fully saturated rings. The van der Waals surface area contributed by atoms with Crippen LogP contribution in [-0.2, 0) is 12.7 Å². The molecule has 3 aromatic rings. The Balaban J connectivity index is 1.77. The lowest BCUT2D eigenvalue weighted by atomic mass is 10.1. The number of benzene rings is 1. The molecule has 11 heteroatoms. The molecule has 3 rings (SSSR count). The molecule has 8 nitrogen and oxygen atoms in total. The number of carbonyl (C=O) groups excluding carboxylic acids is 1. The highest BCUT2D eigenvalue weighted by Gasteiger charge is 2.30. The van der Waals surface area contributed by atoms with Gasteiger partial charge in [0.1, 0.15) is 0 Å². The number of nitrogens with zero attached hydrogens (tertiary/aromatic N) is 3. The highest BCUT2D eigenvalue weighted by molar-refractivity contribution is 5.95. The van der Waals surface area contributed by atoms with Crippen LogP contribution in [0.2, 0.25) is 0 Å². The normalized spacial score (nSPS) is 11.2. The van der Waals surface area contributed by atoms with Crippen molar-refractivity contribution in [1.29, 1.82) is 0 Å². The van der Waals surface area contributed by atoms with Crippen molar-refractivity contribution in [1.82, 2.24) is 20.1 Å². The Kier molecular flexibility index (Phi) is 6.56. The van der Waals surface area contributed by atoms with Gasteiger partial charge < -0.3 is 19.5 Å². The molecule has 1 N–H and O–H groups in total. The van der Waals surface area contributed by atoms with Crippen molar-refractivity contribution in [2.45, 2.75) is 19.6 Å². The molecule has 32 heavy (non-hydrogen) atoms. The Morgan fingerprint density at radius 2 is 1.72 bits per heavy atom. The third kappa shape index (κ3) is 4.61. The van der Waals surface area contributed by atoms with Gasteiger partial charge in [-0.2, -0.15) is 18.3 Å². The van der Waals surface area contributed by atoms with E-state index in [4.69, 9.17) is 14.2 Å². The Bertz CT molecular complexity index is 1090. The number of alkyl halides is 3. The highest BCUT2D eigenvalue weighted by atomic mass is 19.4. The molecule has 0 atom stereocenters. The van der Waals surface area contributed by atoms with Crippen molar-refractivity contribution in [3.8, 4) is 23.1 Å². The van der Waals surface area contributed by atoms with Crippen LogP contribution in [0.4, 0.5) is 13.2 Å². The van der Waals surface area contributed by atoms with E-state index in [9.17, 15) is 18.0 Å². The zero-order valence-electron chi connectivity index (χ0n) is 17.8. The van der Waals surface area contributed by atoms with E-state index in [1.54, 1.807) is 19.1 Å². The lowest BCUT2D eigenvalue weighted by Crippen LogP contribution is -2.23. The quantitative estimate of drug-likeness (QED) is 0.593. The summed E-state index contributed by atoms with van der Waals surface area (Å²) in [5.41, 5.74) is 0.537. The zero-order chi connectivity index (χ0) is 23.5. The Morgan fingerprint density at radius 3 is 2.22 bits per heavy atom. The van der Waals surface area contributed by atoms with E-state index < -0.39 is 17.6 Å². The number of halogens is 3. The van der Waals surface area contributed by atoms with Crippen LogP contribution < -0.4 is 19.5 Å². The average Bonchev–Trinajstić information content (AvgIpc) is 3.17. The molecule has 0 spiro atoms. The van der Waals surface area contributed by atoms with E-state index in [1.807, 2.05) is 0 Å². The molecule has 0 saturated carbocycles. The average molecular weight is 450 g/mol. The molecule has 0 saturated heterocycles. The summed E-state index contributed by atoms with van der Waals surface area (Å²) in [5, 5.41) is 6.86. The summed E-state index contributed by atoms with van der Waals surface area (Å²) in [6, 6.07) is 5.53. The van der Waals surface area contributed by atoms with E-state index in [0.717, 1.165) is 12.3 Å². The van der Waals surface area contributed by atoms with Crippen LogP contribution in [0.3, 0.4) is 0 Å². The number of rotatable bonds is 7. The van der Waals surface area contributed by atoms with Gasteiger partial charge in [-0.1, -0.05) is 0 Å². The number of hydrogen-bond acceptors (Lipinski definition) is 6. The number of amides is 1. The minimum Gasteiger partial charge on any atom is -0.493 e. The van der Waals surface area contributed by atoms with Crippen molar-refractivity contribution in [3.63, 3.8) is 0 Å². The first kappa shape index (κ1) is 22.9. The smallest absolute Gasteiger partial charge is 0.417 e. The predicted molar refractivity (Wildman–Crippen MR) is 108 cm³/mol. The molecule has 1 amide bonds. The molecule has 1 aromatic carbocycles. The first-order valence-electron chi connectivity index (χ1n) is 9.35.